The van der Waals surface area contributed by atoms with Gasteiger partial charge in [0.1, 0.15) is 12.2 Å². The van der Waals surface area contributed by atoms with Gasteiger partial charge in [0, 0.05) is 18.9 Å². The first-order valence-corrected chi connectivity index (χ1v) is 21.1. The number of hydrogen-bond donors (Lipinski definition) is 7. The van der Waals surface area contributed by atoms with Gasteiger partial charge in [-0.15, -0.1) is 0 Å². The zero-order chi connectivity index (χ0) is 36.1. The first-order valence-electron chi connectivity index (χ1n) is 20.7. The van der Waals surface area contributed by atoms with E-state index in [4.69, 9.17) is 17.0 Å². The summed E-state index contributed by atoms with van der Waals surface area (Å²) in [5.74, 6) is -0.610. The van der Waals surface area contributed by atoms with Gasteiger partial charge in [0.15, 0.2) is 0 Å². The predicted octanol–water partition coefficient (Wildman–Crippen LogP) is 7.66. The van der Waals surface area contributed by atoms with Crippen molar-refractivity contribution in [1.29, 1.82) is 0 Å². The summed E-state index contributed by atoms with van der Waals surface area (Å²) in [5.41, 5.74) is 0. The highest BCUT2D eigenvalue weighted by molar-refractivity contribution is 7.80. The van der Waals surface area contributed by atoms with Crippen molar-refractivity contribution in [3.05, 3.63) is 0 Å². The van der Waals surface area contributed by atoms with Gasteiger partial charge in [0.25, 0.3) is 0 Å². The van der Waals surface area contributed by atoms with Crippen molar-refractivity contribution in [2.45, 2.75) is 230 Å². The molecule has 8 atom stereocenters. The lowest BCUT2D eigenvalue weighted by atomic mass is 9.81. The SMILES string of the molecule is CCCCCCCCCCCCCCCCCCCCCCCCCC(=S)NC(COC1CC(CO)C(O)C(O)C1O)C(O)CC(O)CC. The summed E-state index contributed by atoms with van der Waals surface area (Å²) in [6.07, 6.45) is 26.4. The van der Waals surface area contributed by atoms with Gasteiger partial charge in [-0.25, -0.2) is 0 Å². The molecule has 9 heteroatoms. The molecule has 1 fully saturated rings. The Balaban J connectivity index is 2.09. The van der Waals surface area contributed by atoms with Gasteiger partial charge < -0.3 is 40.7 Å². The number of nitrogens with one attached hydrogen (secondary N) is 1. The average molecular weight is 718 g/mol. The summed E-state index contributed by atoms with van der Waals surface area (Å²) in [6, 6.07) is -0.595. The van der Waals surface area contributed by atoms with E-state index in [0.717, 1.165) is 12.8 Å². The van der Waals surface area contributed by atoms with E-state index in [0.29, 0.717) is 17.8 Å². The van der Waals surface area contributed by atoms with Crippen LogP contribution in [-0.2, 0) is 4.74 Å². The first-order chi connectivity index (χ1) is 23.7. The largest absolute Gasteiger partial charge is 0.396 e. The van der Waals surface area contributed by atoms with E-state index in [2.05, 4.69) is 12.2 Å². The van der Waals surface area contributed by atoms with Crippen LogP contribution in [0.3, 0.4) is 0 Å². The Kier molecular flexibility index (Phi) is 29.7. The zero-order valence-electron chi connectivity index (χ0n) is 31.6. The van der Waals surface area contributed by atoms with Crippen LogP contribution in [-0.4, -0.2) is 91.5 Å². The van der Waals surface area contributed by atoms with Crippen molar-refractivity contribution in [1.82, 2.24) is 5.32 Å². The van der Waals surface area contributed by atoms with Gasteiger partial charge in [-0.2, -0.15) is 0 Å². The number of unbranched alkanes of at least 4 members (excludes halogenated alkanes) is 22. The molecule has 0 spiro atoms. The lowest BCUT2D eigenvalue weighted by Gasteiger charge is -2.40. The van der Waals surface area contributed by atoms with Crippen molar-refractivity contribution in [3.8, 4) is 0 Å². The summed E-state index contributed by atoms with van der Waals surface area (Å²) in [7, 11) is 0. The highest BCUT2D eigenvalue weighted by Gasteiger charge is 2.43. The molecular formula is C40H79NO7S. The molecule has 292 valence electrons. The third kappa shape index (κ3) is 23.0. The number of hydrogen-bond acceptors (Lipinski definition) is 8. The van der Waals surface area contributed by atoms with Crippen LogP contribution >= 0.6 is 12.2 Å². The summed E-state index contributed by atoms with van der Waals surface area (Å²) in [5, 5.41) is 64.4. The molecule has 0 aromatic carbocycles. The van der Waals surface area contributed by atoms with E-state index >= 15 is 0 Å². The minimum absolute atomic E-state index is 0.000167. The number of ether oxygens (including phenoxy) is 1. The van der Waals surface area contributed by atoms with Crippen LogP contribution in [0.2, 0.25) is 0 Å². The van der Waals surface area contributed by atoms with Crippen LogP contribution in [0.15, 0.2) is 0 Å². The summed E-state index contributed by atoms with van der Waals surface area (Å²) in [6.45, 7) is 3.80. The van der Waals surface area contributed by atoms with Gasteiger partial charge >= 0.3 is 0 Å². The highest BCUT2D eigenvalue weighted by Crippen LogP contribution is 2.28. The van der Waals surface area contributed by atoms with Crippen LogP contribution in [0, 0.1) is 5.92 Å². The Labute approximate surface area is 306 Å². The van der Waals surface area contributed by atoms with Crippen molar-refractivity contribution < 1.29 is 35.4 Å². The number of aliphatic hydroxyl groups excluding tert-OH is 6. The minimum Gasteiger partial charge on any atom is -0.396 e. The van der Waals surface area contributed by atoms with E-state index in [1.807, 2.05) is 6.92 Å². The number of aliphatic hydroxyl groups is 6. The van der Waals surface area contributed by atoms with Crippen molar-refractivity contribution in [2.75, 3.05) is 13.2 Å². The second kappa shape index (κ2) is 31.2. The maximum absolute atomic E-state index is 10.8. The smallest absolute Gasteiger partial charge is 0.109 e. The van der Waals surface area contributed by atoms with Crippen LogP contribution in [0.4, 0.5) is 0 Å². The van der Waals surface area contributed by atoms with Crippen LogP contribution in [0.25, 0.3) is 0 Å². The fourth-order valence-corrected chi connectivity index (χ4v) is 7.36. The molecule has 8 nitrogen and oxygen atoms in total. The molecule has 1 saturated carbocycles. The summed E-state index contributed by atoms with van der Waals surface area (Å²) < 4.78 is 5.90. The molecule has 0 amide bonds. The molecule has 0 aliphatic heterocycles. The van der Waals surface area contributed by atoms with Crippen molar-refractivity contribution >= 4 is 17.2 Å². The molecule has 0 saturated heterocycles. The Hall–Kier alpha value is -0.390. The summed E-state index contributed by atoms with van der Waals surface area (Å²) >= 11 is 5.59. The average Bonchev–Trinajstić information content (AvgIpc) is 3.09. The molecule has 1 aliphatic rings. The lowest BCUT2D eigenvalue weighted by molar-refractivity contribution is -0.181. The van der Waals surface area contributed by atoms with Gasteiger partial charge in [-0.1, -0.05) is 167 Å². The minimum atomic E-state index is -1.42. The van der Waals surface area contributed by atoms with E-state index in [1.165, 1.54) is 135 Å². The molecule has 0 radical (unpaired) electrons. The molecule has 49 heavy (non-hydrogen) atoms. The molecule has 1 rings (SSSR count). The first kappa shape index (κ1) is 46.6. The molecule has 8 unspecified atom stereocenters. The van der Waals surface area contributed by atoms with Crippen molar-refractivity contribution in [2.24, 2.45) is 5.92 Å². The maximum atomic E-state index is 10.8. The molecular weight excluding hydrogens is 639 g/mol. The van der Waals surface area contributed by atoms with Crippen molar-refractivity contribution in [3.63, 3.8) is 0 Å². The molecule has 1 aliphatic carbocycles. The van der Waals surface area contributed by atoms with Crippen LogP contribution in [0.5, 0.6) is 0 Å². The molecule has 0 heterocycles. The van der Waals surface area contributed by atoms with E-state index in [-0.39, 0.29) is 26.1 Å². The summed E-state index contributed by atoms with van der Waals surface area (Å²) in [4.78, 5) is 0.634. The third-order valence-electron chi connectivity index (χ3n) is 10.6. The number of rotatable bonds is 33. The standard InChI is InChI=1S/C40H79NO7S/c1-3-5-6-7-8-9-10-11-12-13-14-15-16-17-18-19-20-21-22-23-24-25-26-27-37(49)41-34(35(44)29-33(43)4-2)31-48-36-28-32(30-42)38(45)40(47)39(36)46/h32-36,38-40,42-47H,3-31H2,1-2H3,(H,41,49). The zero-order valence-corrected chi connectivity index (χ0v) is 32.4. The molecule has 0 aromatic heterocycles. The van der Waals surface area contributed by atoms with Crippen LogP contribution < -0.4 is 5.32 Å². The molecule has 0 aromatic rings. The predicted molar refractivity (Wildman–Crippen MR) is 206 cm³/mol. The monoisotopic (exact) mass is 718 g/mol. The number of thiocarbonyl (C=S) groups is 1. The van der Waals surface area contributed by atoms with Gasteiger partial charge in [-0.3, -0.25) is 0 Å². The Bertz CT molecular complexity index is 760. The second-order valence-electron chi connectivity index (χ2n) is 15.1. The maximum Gasteiger partial charge on any atom is 0.109 e. The fraction of sp³-hybridized carbons (Fsp3) is 0.975. The third-order valence-corrected chi connectivity index (χ3v) is 10.9. The van der Waals surface area contributed by atoms with E-state index in [1.54, 1.807) is 0 Å². The second-order valence-corrected chi connectivity index (χ2v) is 15.6. The lowest BCUT2D eigenvalue weighted by Crippen LogP contribution is -2.56. The Morgan fingerprint density at radius 1 is 0.653 bits per heavy atom. The quantitative estimate of drug-likeness (QED) is 0.0269. The fourth-order valence-electron chi connectivity index (χ4n) is 7.06. The molecule has 7 N–H and O–H groups in total. The van der Waals surface area contributed by atoms with Gasteiger partial charge in [0.2, 0.25) is 0 Å². The van der Waals surface area contributed by atoms with Crippen LogP contribution in [0.1, 0.15) is 187 Å². The normalized spacial score (nSPS) is 23.0. The molecule has 0 bridgehead atoms. The highest BCUT2D eigenvalue weighted by atomic mass is 32.1. The van der Waals surface area contributed by atoms with E-state index < -0.39 is 48.6 Å². The van der Waals surface area contributed by atoms with Gasteiger partial charge in [0.05, 0.1) is 42.1 Å². The topological polar surface area (TPSA) is 143 Å². The van der Waals surface area contributed by atoms with Gasteiger partial charge in [-0.05, 0) is 25.7 Å². The van der Waals surface area contributed by atoms with E-state index in [9.17, 15) is 30.6 Å². The Morgan fingerprint density at radius 2 is 1.08 bits per heavy atom. The Morgan fingerprint density at radius 3 is 1.49 bits per heavy atom.